The number of para-hydroxylation sites is 2. The molecule has 0 aliphatic carbocycles. The van der Waals surface area contributed by atoms with Crippen molar-refractivity contribution in [2.45, 2.75) is 18.6 Å². The average Bonchev–Trinajstić information content (AvgIpc) is 3.17. The summed E-state index contributed by atoms with van der Waals surface area (Å²) in [4.78, 5) is 12.1. The van der Waals surface area contributed by atoms with Crippen molar-refractivity contribution in [1.82, 2.24) is 10.6 Å². The van der Waals surface area contributed by atoms with Crippen LogP contribution in [0, 0.1) is 0 Å². The maximum absolute atomic E-state index is 12.1. The predicted molar refractivity (Wildman–Crippen MR) is 85.8 cm³/mol. The summed E-state index contributed by atoms with van der Waals surface area (Å²) in [6.45, 7) is 0.952. The maximum atomic E-state index is 12.1. The minimum Gasteiger partial charge on any atom is -0.491 e. The van der Waals surface area contributed by atoms with Crippen molar-refractivity contribution in [3.05, 3.63) is 59.7 Å². The third-order valence-electron chi connectivity index (χ3n) is 4.21. The lowest BCUT2D eigenvalue weighted by atomic mass is 10.1. The topological polar surface area (TPSA) is 59.6 Å². The fourth-order valence-electron chi connectivity index (χ4n) is 3.07. The first-order chi connectivity index (χ1) is 11.3. The highest BCUT2D eigenvalue weighted by Gasteiger charge is 2.26. The maximum Gasteiger partial charge on any atom is 0.315 e. The van der Waals surface area contributed by atoms with Crippen molar-refractivity contribution >= 4 is 6.03 Å². The molecule has 5 nitrogen and oxygen atoms in total. The Kier molecular flexibility index (Phi) is 3.54. The van der Waals surface area contributed by atoms with Gasteiger partial charge in [-0.2, -0.15) is 0 Å². The number of urea groups is 1. The summed E-state index contributed by atoms with van der Waals surface area (Å²) in [6.07, 6.45) is 0.816. The molecule has 0 saturated carbocycles. The van der Waals surface area contributed by atoms with E-state index in [4.69, 9.17) is 9.47 Å². The number of hydrogen-bond donors (Lipinski definition) is 2. The van der Waals surface area contributed by atoms with Crippen LogP contribution in [-0.4, -0.2) is 25.3 Å². The Morgan fingerprint density at radius 1 is 1.09 bits per heavy atom. The van der Waals surface area contributed by atoms with Gasteiger partial charge >= 0.3 is 6.03 Å². The third kappa shape index (κ3) is 2.82. The fraction of sp³-hybridized carbons (Fsp3) is 0.278. The van der Waals surface area contributed by atoms with Gasteiger partial charge < -0.3 is 20.1 Å². The van der Waals surface area contributed by atoms with Crippen LogP contribution in [0.4, 0.5) is 4.79 Å². The van der Waals surface area contributed by atoms with E-state index in [1.54, 1.807) is 0 Å². The molecule has 0 bridgehead atoms. The highest BCUT2D eigenvalue weighted by Crippen LogP contribution is 2.31. The molecular formula is C18H18N2O3. The van der Waals surface area contributed by atoms with Crippen LogP contribution in [0.3, 0.4) is 0 Å². The summed E-state index contributed by atoms with van der Waals surface area (Å²) in [6, 6.07) is 15.4. The zero-order valence-electron chi connectivity index (χ0n) is 12.6. The van der Waals surface area contributed by atoms with E-state index < -0.39 is 0 Å². The van der Waals surface area contributed by atoms with Gasteiger partial charge in [-0.05, 0) is 17.7 Å². The average molecular weight is 310 g/mol. The number of carbonyl (C=O) groups is 1. The zero-order valence-corrected chi connectivity index (χ0v) is 12.6. The van der Waals surface area contributed by atoms with Crippen LogP contribution in [-0.2, 0) is 6.42 Å². The first-order valence-corrected chi connectivity index (χ1v) is 7.80. The van der Waals surface area contributed by atoms with E-state index in [0.717, 1.165) is 23.5 Å². The van der Waals surface area contributed by atoms with Gasteiger partial charge in [-0.25, -0.2) is 4.79 Å². The molecule has 0 unspecified atom stereocenters. The molecule has 0 saturated heterocycles. The number of amides is 2. The molecule has 2 aliphatic heterocycles. The monoisotopic (exact) mass is 310 g/mol. The summed E-state index contributed by atoms with van der Waals surface area (Å²) in [5, 5.41) is 5.84. The molecule has 0 radical (unpaired) electrons. The molecule has 2 aromatic rings. The highest BCUT2D eigenvalue weighted by atomic mass is 16.5. The van der Waals surface area contributed by atoms with Crippen LogP contribution >= 0.6 is 0 Å². The SMILES string of the molecule is O=C(NC[C@H]1Cc2ccccc2O1)N[C@@H]1COc2ccccc21. The third-order valence-corrected chi connectivity index (χ3v) is 4.21. The van der Waals surface area contributed by atoms with E-state index in [-0.39, 0.29) is 18.2 Å². The van der Waals surface area contributed by atoms with Gasteiger partial charge in [0.2, 0.25) is 0 Å². The van der Waals surface area contributed by atoms with Gasteiger partial charge in [0.15, 0.2) is 0 Å². The Hall–Kier alpha value is -2.69. The summed E-state index contributed by atoms with van der Waals surface area (Å²) < 4.78 is 11.4. The molecule has 118 valence electrons. The minimum absolute atomic E-state index is 0.00901. The van der Waals surface area contributed by atoms with E-state index in [2.05, 4.69) is 16.7 Å². The molecule has 0 spiro atoms. The Balaban J connectivity index is 1.29. The number of hydrogen-bond acceptors (Lipinski definition) is 3. The molecule has 4 rings (SSSR count). The van der Waals surface area contributed by atoms with E-state index in [0.29, 0.717) is 13.2 Å². The van der Waals surface area contributed by atoms with Crippen molar-refractivity contribution < 1.29 is 14.3 Å². The van der Waals surface area contributed by atoms with Crippen molar-refractivity contribution in [3.8, 4) is 11.5 Å². The van der Waals surface area contributed by atoms with Crippen LogP contribution in [0.25, 0.3) is 0 Å². The van der Waals surface area contributed by atoms with Crippen LogP contribution in [0.1, 0.15) is 17.2 Å². The molecule has 2 aromatic carbocycles. The number of benzene rings is 2. The molecule has 0 fully saturated rings. The van der Waals surface area contributed by atoms with Crippen LogP contribution in [0.2, 0.25) is 0 Å². The van der Waals surface area contributed by atoms with Crippen molar-refractivity contribution in [3.63, 3.8) is 0 Å². The van der Waals surface area contributed by atoms with Crippen LogP contribution in [0.5, 0.6) is 11.5 Å². The standard InChI is InChI=1S/C18H18N2O3/c21-18(20-15-11-22-17-8-4-2-6-14(15)17)19-10-13-9-12-5-1-3-7-16(12)23-13/h1-8,13,15H,9-11H2,(H2,19,20,21)/t13-,15-/m1/s1. The second-order valence-electron chi connectivity index (χ2n) is 5.81. The quantitative estimate of drug-likeness (QED) is 0.915. The Morgan fingerprint density at radius 3 is 2.74 bits per heavy atom. The summed E-state index contributed by atoms with van der Waals surface area (Å²) in [5.74, 6) is 1.75. The lowest BCUT2D eigenvalue weighted by Crippen LogP contribution is -2.42. The van der Waals surface area contributed by atoms with Crippen LogP contribution in [0.15, 0.2) is 48.5 Å². The lowest BCUT2D eigenvalue weighted by Gasteiger charge is -2.15. The van der Waals surface area contributed by atoms with Crippen molar-refractivity contribution in [2.75, 3.05) is 13.2 Å². The molecule has 2 N–H and O–H groups in total. The van der Waals surface area contributed by atoms with Crippen LogP contribution < -0.4 is 20.1 Å². The van der Waals surface area contributed by atoms with Crippen molar-refractivity contribution in [2.24, 2.45) is 0 Å². The number of carbonyl (C=O) groups excluding carboxylic acids is 1. The predicted octanol–water partition coefficient (Wildman–Crippen LogP) is 2.42. The summed E-state index contributed by atoms with van der Waals surface area (Å²) in [7, 11) is 0. The highest BCUT2D eigenvalue weighted by molar-refractivity contribution is 5.74. The van der Waals surface area contributed by atoms with Gasteiger partial charge in [-0.1, -0.05) is 36.4 Å². The zero-order chi connectivity index (χ0) is 15.6. The minimum atomic E-state index is -0.199. The Morgan fingerprint density at radius 2 is 1.87 bits per heavy atom. The van der Waals surface area contributed by atoms with E-state index in [9.17, 15) is 4.79 Å². The van der Waals surface area contributed by atoms with E-state index >= 15 is 0 Å². The fourth-order valence-corrected chi connectivity index (χ4v) is 3.07. The van der Waals surface area contributed by atoms with Gasteiger partial charge in [-0.3, -0.25) is 0 Å². The van der Waals surface area contributed by atoms with Gasteiger partial charge in [-0.15, -0.1) is 0 Å². The molecule has 2 atom stereocenters. The smallest absolute Gasteiger partial charge is 0.315 e. The lowest BCUT2D eigenvalue weighted by molar-refractivity contribution is 0.210. The summed E-state index contributed by atoms with van der Waals surface area (Å²) in [5.41, 5.74) is 2.21. The van der Waals surface area contributed by atoms with E-state index in [1.165, 1.54) is 5.56 Å². The second kappa shape index (κ2) is 5.83. The summed E-state index contributed by atoms with van der Waals surface area (Å²) >= 11 is 0. The normalized spacial score (nSPS) is 20.9. The number of ether oxygens (including phenoxy) is 2. The molecule has 5 heteroatoms. The number of nitrogens with one attached hydrogen (secondary N) is 2. The molecule has 0 aromatic heterocycles. The Bertz CT molecular complexity index is 707. The van der Waals surface area contributed by atoms with Crippen molar-refractivity contribution in [1.29, 1.82) is 0 Å². The largest absolute Gasteiger partial charge is 0.491 e. The van der Waals surface area contributed by atoms with Gasteiger partial charge in [0, 0.05) is 12.0 Å². The number of rotatable bonds is 3. The molecule has 2 aliphatic rings. The Labute approximate surface area is 134 Å². The molecular weight excluding hydrogens is 292 g/mol. The second-order valence-corrected chi connectivity index (χ2v) is 5.81. The van der Waals surface area contributed by atoms with Gasteiger partial charge in [0.1, 0.15) is 24.2 Å². The number of fused-ring (bicyclic) bond motifs is 2. The molecule has 23 heavy (non-hydrogen) atoms. The van der Waals surface area contributed by atoms with Gasteiger partial charge in [0.05, 0.1) is 12.6 Å². The first-order valence-electron chi connectivity index (χ1n) is 7.80. The van der Waals surface area contributed by atoms with E-state index in [1.807, 2.05) is 42.5 Å². The molecule has 2 amide bonds. The first kappa shape index (κ1) is 13.9. The van der Waals surface area contributed by atoms with Gasteiger partial charge in [0.25, 0.3) is 0 Å². The molecule has 2 heterocycles.